The molecule has 0 saturated carbocycles. The largest absolute Gasteiger partial charge is 0.384 e. The lowest BCUT2D eigenvalue weighted by Gasteiger charge is -2.14. The number of aromatic nitrogens is 4. The zero-order chi connectivity index (χ0) is 21.2. The highest BCUT2D eigenvalue weighted by Gasteiger charge is 2.32. The lowest BCUT2D eigenvalue weighted by atomic mass is 10.1. The Labute approximate surface area is 169 Å². The van der Waals surface area contributed by atoms with Crippen LogP contribution in [0, 0.1) is 13.8 Å². The quantitative estimate of drug-likeness (QED) is 0.493. The number of fused-ring (bicyclic) bond motifs is 2. The summed E-state index contributed by atoms with van der Waals surface area (Å²) < 4.78 is 2.92. The summed E-state index contributed by atoms with van der Waals surface area (Å²) in [5.74, 6) is -0.778. The molecule has 0 atom stereocenters. The van der Waals surface area contributed by atoms with Crippen LogP contribution in [0.3, 0.4) is 0 Å². The molecule has 3 N–H and O–H groups in total. The van der Waals surface area contributed by atoms with Gasteiger partial charge in [-0.15, -0.1) is 0 Å². The fourth-order valence-electron chi connectivity index (χ4n) is 3.81. The van der Waals surface area contributed by atoms with E-state index >= 15 is 0 Å². The van der Waals surface area contributed by atoms with Gasteiger partial charge in [0.1, 0.15) is 5.82 Å². The molecule has 148 valence electrons. The first-order valence-electron chi connectivity index (χ1n) is 9.20. The molecular formula is C21H16N6O3. The summed E-state index contributed by atoms with van der Waals surface area (Å²) >= 11 is 0. The van der Waals surface area contributed by atoms with Crippen molar-refractivity contribution in [1.82, 2.24) is 24.6 Å². The Balaban J connectivity index is 1.81. The molecule has 0 aliphatic carbocycles. The summed E-state index contributed by atoms with van der Waals surface area (Å²) in [5, 5.41) is 7.41. The summed E-state index contributed by atoms with van der Waals surface area (Å²) in [6.45, 7) is 3.82. The Morgan fingerprint density at radius 2 is 1.80 bits per heavy atom. The van der Waals surface area contributed by atoms with Crippen LogP contribution in [-0.2, 0) is 0 Å². The van der Waals surface area contributed by atoms with E-state index in [0.717, 1.165) is 22.8 Å². The molecule has 30 heavy (non-hydrogen) atoms. The van der Waals surface area contributed by atoms with Crippen LogP contribution in [0.5, 0.6) is 0 Å². The number of benzene rings is 1. The third-order valence-electron chi connectivity index (χ3n) is 5.11. The van der Waals surface area contributed by atoms with Crippen LogP contribution in [0.25, 0.3) is 22.4 Å². The molecule has 2 amide bonds. The van der Waals surface area contributed by atoms with Crippen molar-refractivity contribution in [2.75, 3.05) is 5.73 Å². The molecular weight excluding hydrogens is 384 g/mol. The lowest BCUT2D eigenvalue weighted by molar-refractivity contribution is 0.0880. The number of amides is 2. The predicted octanol–water partition coefficient (Wildman–Crippen LogP) is 1.65. The average molecular weight is 400 g/mol. The van der Waals surface area contributed by atoms with Crippen LogP contribution in [0.2, 0.25) is 0 Å². The molecule has 3 aromatic heterocycles. The van der Waals surface area contributed by atoms with Crippen molar-refractivity contribution in [1.29, 1.82) is 0 Å². The van der Waals surface area contributed by atoms with Crippen LogP contribution in [0.1, 0.15) is 32.1 Å². The predicted molar refractivity (Wildman–Crippen MR) is 110 cm³/mol. The molecule has 0 saturated heterocycles. The molecule has 0 spiro atoms. The fourth-order valence-corrected chi connectivity index (χ4v) is 3.81. The Hall–Kier alpha value is -4.27. The number of carbonyl (C=O) groups excluding carboxylic acids is 2. The molecule has 1 aliphatic heterocycles. The number of aryl methyl sites for hydroxylation is 2. The second-order valence-electron chi connectivity index (χ2n) is 7.13. The summed E-state index contributed by atoms with van der Waals surface area (Å²) in [7, 11) is 0. The number of hydrogen-bond donors (Lipinski definition) is 2. The molecule has 5 rings (SSSR count). The number of para-hydroxylation sites is 1. The number of nitrogens with zero attached hydrogens (tertiary/aromatic N) is 4. The Morgan fingerprint density at radius 3 is 2.53 bits per heavy atom. The summed E-state index contributed by atoms with van der Waals surface area (Å²) in [6, 6.07) is 12.1. The van der Waals surface area contributed by atoms with E-state index in [2.05, 4.69) is 10.4 Å². The minimum Gasteiger partial charge on any atom is -0.384 e. The van der Waals surface area contributed by atoms with Crippen LogP contribution in [-0.4, -0.2) is 31.1 Å². The number of nitrogens with two attached hydrogens (primary N) is 1. The maximum Gasteiger partial charge on any atom is 0.262 e. The van der Waals surface area contributed by atoms with Gasteiger partial charge in [-0.3, -0.25) is 24.3 Å². The Bertz CT molecular complexity index is 1460. The monoisotopic (exact) mass is 400 g/mol. The number of imide groups is 1. The van der Waals surface area contributed by atoms with Crippen molar-refractivity contribution in [3.8, 4) is 11.5 Å². The van der Waals surface area contributed by atoms with Gasteiger partial charge in [-0.05, 0) is 38.1 Å². The second kappa shape index (κ2) is 6.11. The normalized spacial score (nSPS) is 13.0. The zero-order valence-corrected chi connectivity index (χ0v) is 16.1. The number of anilines is 1. The molecule has 1 aliphatic rings. The van der Waals surface area contributed by atoms with Gasteiger partial charge >= 0.3 is 0 Å². The maximum absolute atomic E-state index is 12.9. The van der Waals surface area contributed by atoms with Crippen molar-refractivity contribution >= 4 is 28.5 Å². The lowest BCUT2D eigenvalue weighted by Crippen LogP contribution is -2.24. The minimum atomic E-state index is -0.631. The number of pyridine rings is 2. The molecule has 0 fully saturated rings. The van der Waals surface area contributed by atoms with Gasteiger partial charge in [0.25, 0.3) is 17.4 Å². The molecule has 1 aromatic carbocycles. The van der Waals surface area contributed by atoms with E-state index in [1.54, 1.807) is 16.8 Å². The molecule has 9 nitrogen and oxygen atoms in total. The molecule has 4 aromatic rings. The van der Waals surface area contributed by atoms with Crippen LogP contribution in [0.4, 0.5) is 5.82 Å². The third kappa shape index (κ3) is 2.45. The summed E-state index contributed by atoms with van der Waals surface area (Å²) in [4.78, 5) is 41.7. The van der Waals surface area contributed by atoms with Gasteiger partial charge in [0.05, 0.1) is 28.0 Å². The number of hydrogen-bond acceptors (Lipinski definition) is 6. The topological polar surface area (TPSA) is 125 Å². The average Bonchev–Trinajstić information content (AvgIpc) is 3.19. The highest BCUT2D eigenvalue weighted by Crippen LogP contribution is 2.27. The maximum atomic E-state index is 12.9. The number of nitrogens with one attached hydrogen (secondary N) is 1. The van der Waals surface area contributed by atoms with E-state index in [9.17, 15) is 14.4 Å². The molecule has 0 radical (unpaired) electrons. The van der Waals surface area contributed by atoms with Gasteiger partial charge in [0, 0.05) is 17.1 Å². The summed E-state index contributed by atoms with van der Waals surface area (Å²) in [5.41, 5.74) is 8.34. The van der Waals surface area contributed by atoms with Gasteiger partial charge in [0.2, 0.25) is 0 Å². The first-order valence-corrected chi connectivity index (χ1v) is 9.20. The second-order valence-corrected chi connectivity index (χ2v) is 7.13. The highest BCUT2D eigenvalue weighted by atomic mass is 16.2. The van der Waals surface area contributed by atoms with Crippen molar-refractivity contribution in [2.24, 2.45) is 0 Å². The third-order valence-corrected chi connectivity index (χ3v) is 5.11. The van der Waals surface area contributed by atoms with Gasteiger partial charge < -0.3 is 5.73 Å². The van der Waals surface area contributed by atoms with Crippen LogP contribution < -0.4 is 16.6 Å². The smallest absolute Gasteiger partial charge is 0.262 e. The van der Waals surface area contributed by atoms with E-state index in [1.807, 2.05) is 38.1 Å². The van der Waals surface area contributed by atoms with Gasteiger partial charge in [-0.25, -0.2) is 9.67 Å². The number of rotatable bonds is 2. The van der Waals surface area contributed by atoms with Gasteiger partial charge in [-0.1, -0.05) is 12.1 Å². The highest BCUT2D eigenvalue weighted by molar-refractivity contribution is 6.23. The van der Waals surface area contributed by atoms with Crippen LogP contribution >= 0.6 is 0 Å². The van der Waals surface area contributed by atoms with E-state index in [4.69, 9.17) is 10.7 Å². The van der Waals surface area contributed by atoms with Crippen molar-refractivity contribution in [3.05, 3.63) is 75.3 Å². The van der Waals surface area contributed by atoms with Gasteiger partial charge in [0.15, 0.2) is 5.82 Å². The Kier molecular flexibility index (Phi) is 3.63. The molecule has 4 heterocycles. The summed E-state index contributed by atoms with van der Waals surface area (Å²) in [6.07, 6.45) is 0. The number of nitrogen functional groups attached to an aromatic ring is 1. The Morgan fingerprint density at radius 1 is 1.00 bits per heavy atom. The SMILES string of the molecule is Cc1cc(C)n(-c2ccc3cccc(-n4c(N)c5c(cc4=O)C(=O)NC5=O)c3n2)n1. The molecule has 0 bridgehead atoms. The zero-order valence-electron chi connectivity index (χ0n) is 16.1. The van der Waals surface area contributed by atoms with Crippen LogP contribution in [0.15, 0.2) is 47.3 Å². The van der Waals surface area contributed by atoms with Crippen molar-refractivity contribution < 1.29 is 9.59 Å². The first kappa shape index (κ1) is 17.8. The van der Waals surface area contributed by atoms with E-state index < -0.39 is 17.4 Å². The standard InChI is InChI=1S/C21H16N6O3/c1-10-8-11(2)27(25-10)15-7-6-12-4-3-5-14(18(12)23-15)26-16(28)9-13-17(19(26)22)21(30)24-20(13)29/h3-9H,22H2,1-2H3,(H,24,29,30). The fraction of sp³-hybridized carbons (Fsp3) is 0.0952. The molecule has 9 heteroatoms. The van der Waals surface area contributed by atoms with Crippen molar-refractivity contribution in [3.63, 3.8) is 0 Å². The minimum absolute atomic E-state index is 0.00805. The number of carbonyl (C=O) groups is 2. The first-order chi connectivity index (χ1) is 14.3. The van der Waals surface area contributed by atoms with E-state index in [1.165, 1.54) is 4.57 Å². The van der Waals surface area contributed by atoms with Crippen molar-refractivity contribution in [2.45, 2.75) is 13.8 Å². The molecule has 0 unspecified atom stereocenters. The van der Waals surface area contributed by atoms with E-state index in [-0.39, 0.29) is 16.9 Å². The van der Waals surface area contributed by atoms with E-state index in [0.29, 0.717) is 17.0 Å². The van der Waals surface area contributed by atoms with Gasteiger partial charge in [-0.2, -0.15) is 5.10 Å².